The van der Waals surface area contributed by atoms with Crippen molar-refractivity contribution in [3.05, 3.63) is 46.3 Å². The van der Waals surface area contributed by atoms with E-state index in [1.807, 2.05) is 18.2 Å². The van der Waals surface area contributed by atoms with E-state index in [1.54, 1.807) is 0 Å². The largest absolute Gasteiger partial charge is 0.423 e. The minimum absolute atomic E-state index is 0.292. The molecule has 0 unspecified atom stereocenters. The van der Waals surface area contributed by atoms with Gasteiger partial charge < -0.3 is 9.73 Å². The van der Waals surface area contributed by atoms with Crippen LogP contribution in [0.25, 0.3) is 11.0 Å². The highest BCUT2D eigenvalue weighted by Crippen LogP contribution is 2.25. The maximum atomic E-state index is 11.0. The maximum absolute atomic E-state index is 11.0. The molecule has 1 aliphatic rings. The Balaban J connectivity index is 2.08. The lowest BCUT2D eigenvalue weighted by atomic mass is 10.0. The van der Waals surface area contributed by atoms with Crippen molar-refractivity contribution in [1.29, 1.82) is 0 Å². The lowest BCUT2D eigenvalue weighted by Crippen LogP contribution is -2.12. The molecule has 2 aromatic rings. The SMILES string of the molecule is O=c1ccc2cc([C@@H]3CCCN3)ccc2o1. The van der Waals surface area contributed by atoms with Crippen molar-refractivity contribution in [1.82, 2.24) is 5.32 Å². The van der Waals surface area contributed by atoms with Crippen molar-refractivity contribution in [2.45, 2.75) is 18.9 Å². The Morgan fingerprint density at radius 2 is 2.19 bits per heavy atom. The lowest BCUT2D eigenvalue weighted by molar-refractivity contribution is 0.560. The first-order valence-electron chi connectivity index (χ1n) is 5.60. The van der Waals surface area contributed by atoms with Gasteiger partial charge in [0.05, 0.1) is 0 Å². The summed E-state index contributed by atoms with van der Waals surface area (Å²) in [6, 6.07) is 9.76. The Morgan fingerprint density at radius 1 is 1.25 bits per heavy atom. The molecule has 1 atom stereocenters. The zero-order valence-electron chi connectivity index (χ0n) is 8.90. The molecule has 1 aromatic heterocycles. The van der Waals surface area contributed by atoms with Crippen LogP contribution < -0.4 is 10.9 Å². The van der Waals surface area contributed by atoms with Crippen molar-refractivity contribution in [3.8, 4) is 0 Å². The number of nitrogens with one attached hydrogen (secondary N) is 1. The summed E-state index contributed by atoms with van der Waals surface area (Å²) in [5.74, 6) is 0. The summed E-state index contributed by atoms with van der Waals surface area (Å²) in [4.78, 5) is 11.0. The van der Waals surface area contributed by atoms with Gasteiger partial charge in [0, 0.05) is 17.5 Å². The van der Waals surface area contributed by atoms with E-state index in [0.29, 0.717) is 11.6 Å². The molecule has 1 N–H and O–H groups in total. The first kappa shape index (κ1) is 9.60. The van der Waals surface area contributed by atoms with E-state index in [0.717, 1.165) is 11.9 Å². The number of benzene rings is 1. The number of rotatable bonds is 1. The number of fused-ring (bicyclic) bond motifs is 1. The molecule has 0 saturated carbocycles. The molecule has 0 radical (unpaired) electrons. The van der Waals surface area contributed by atoms with Crippen molar-refractivity contribution in [2.24, 2.45) is 0 Å². The van der Waals surface area contributed by atoms with E-state index >= 15 is 0 Å². The van der Waals surface area contributed by atoms with E-state index < -0.39 is 0 Å². The Labute approximate surface area is 93.1 Å². The molecule has 16 heavy (non-hydrogen) atoms. The van der Waals surface area contributed by atoms with Gasteiger partial charge in [0.1, 0.15) is 5.58 Å². The van der Waals surface area contributed by atoms with Gasteiger partial charge in [0.2, 0.25) is 0 Å². The highest BCUT2D eigenvalue weighted by atomic mass is 16.4. The van der Waals surface area contributed by atoms with Crippen LogP contribution >= 0.6 is 0 Å². The van der Waals surface area contributed by atoms with Gasteiger partial charge in [-0.15, -0.1) is 0 Å². The van der Waals surface area contributed by atoms with Crippen LogP contribution in [0.15, 0.2) is 39.5 Å². The Bertz CT molecular complexity index is 567. The van der Waals surface area contributed by atoms with Crippen LogP contribution in [0.1, 0.15) is 24.4 Å². The standard InChI is InChI=1S/C13H13NO2/c15-13-6-4-10-8-9(3-5-12(10)16-13)11-2-1-7-14-11/h3-6,8,11,14H,1-2,7H2/t11-/m0/s1. The highest BCUT2D eigenvalue weighted by Gasteiger charge is 2.16. The molecule has 0 amide bonds. The molecule has 0 spiro atoms. The van der Waals surface area contributed by atoms with E-state index in [2.05, 4.69) is 11.4 Å². The number of hydrogen-bond donors (Lipinski definition) is 1. The van der Waals surface area contributed by atoms with E-state index in [1.165, 1.54) is 24.5 Å². The molecule has 3 rings (SSSR count). The van der Waals surface area contributed by atoms with Crippen LogP contribution in [0.3, 0.4) is 0 Å². The van der Waals surface area contributed by atoms with Crippen LogP contribution in [0, 0.1) is 0 Å². The van der Waals surface area contributed by atoms with E-state index in [9.17, 15) is 4.79 Å². The Kier molecular flexibility index (Phi) is 2.26. The predicted molar refractivity (Wildman–Crippen MR) is 62.5 cm³/mol. The van der Waals surface area contributed by atoms with Gasteiger partial charge in [-0.2, -0.15) is 0 Å². The summed E-state index contributed by atoms with van der Waals surface area (Å²) < 4.78 is 5.10. The monoisotopic (exact) mass is 215 g/mol. The van der Waals surface area contributed by atoms with Gasteiger partial charge in [-0.3, -0.25) is 0 Å². The fourth-order valence-corrected chi connectivity index (χ4v) is 2.28. The van der Waals surface area contributed by atoms with Gasteiger partial charge in [-0.25, -0.2) is 4.79 Å². The van der Waals surface area contributed by atoms with E-state index in [4.69, 9.17) is 4.42 Å². The minimum Gasteiger partial charge on any atom is -0.423 e. The predicted octanol–water partition coefficient (Wildman–Crippen LogP) is 2.22. The van der Waals surface area contributed by atoms with Crippen LogP contribution in [-0.2, 0) is 0 Å². The van der Waals surface area contributed by atoms with E-state index in [-0.39, 0.29) is 5.63 Å². The summed E-state index contributed by atoms with van der Waals surface area (Å²) >= 11 is 0. The van der Waals surface area contributed by atoms with Crippen molar-refractivity contribution in [3.63, 3.8) is 0 Å². The van der Waals surface area contributed by atoms with Crippen molar-refractivity contribution < 1.29 is 4.42 Å². The van der Waals surface area contributed by atoms with Crippen LogP contribution in [0.4, 0.5) is 0 Å². The zero-order valence-corrected chi connectivity index (χ0v) is 8.90. The summed E-state index contributed by atoms with van der Waals surface area (Å²) in [5.41, 5.74) is 1.65. The van der Waals surface area contributed by atoms with Gasteiger partial charge in [-0.05, 0) is 43.1 Å². The summed E-state index contributed by atoms with van der Waals surface area (Å²) in [5, 5.41) is 4.45. The third-order valence-corrected chi connectivity index (χ3v) is 3.11. The smallest absolute Gasteiger partial charge is 0.336 e. The topological polar surface area (TPSA) is 42.2 Å². The summed E-state index contributed by atoms with van der Waals surface area (Å²) in [6.07, 6.45) is 2.41. The number of hydrogen-bond acceptors (Lipinski definition) is 3. The first-order chi connectivity index (χ1) is 7.83. The Hall–Kier alpha value is -1.61. The molecule has 1 aromatic carbocycles. The molecule has 1 saturated heterocycles. The second-order valence-corrected chi connectivity index (χ2v) is 4.20. The third-order valence-electron chi connectivity index (χ3n) is 3.11. The van der Waals surface area contributed by atoms with Crippen molar-refractivity contribution in [2.75, 3.05) is 6.54 Å². The molecule has 82 valence electrons. The summed E-state index contributed by atoms with van der Waals surface area (Å²) in [7, 11) is 0. The second kappa shape index (κ2) is 3.76. The van der Waals surface area contributed by atoms with Gasteiger partial charge >= 0.3 is 5.63 Å². The zero-order chi connectivity index (χ0) is 11.0. The molecule has 0 bridgehead atoms. The van der Waals surface area contributed by atoms with Crippen LogP contribution in [-0.4, -0.2) is 6.54 Å². The quantitative estimate of drug-likeness (QED) is 0.742. The molecular formula is C13H13NO2. The highest BCUT2D eigenvalue weighted by molar-refractivity contribution is 5.77. The average molecular weight is 215 g/mol. The Morgan fingerprint density at radius 3 is 3.00 bits per heavy atom. The molecule has 3 nitrogen and oxygen atoms in total. The fourth-order valence-electron chi connectivity index (χ4n) is 2.28. The molecule has 1 fully saturated rings. The first-order valence-corrected chi connectivity index (χ1v) is 5.60. The third kappa shape index (κ3) is 1.63. The fraction of sp³-hybridized carbons (Fsp3) is 0.308. The lowest BCUT2D eigenvalue weighted by Gasteiger charge is -2.10. The maximum Gasteiger partial charge on any atom is 0.336 e. The second-order valence-electron chi connectivity index (χ2n) is 4.20. The van der Waals surface area contributed by atoms with Gasteiger partial charge in [0.15, 0.2) is 0 Å². The molecule has 3 heteroatoms. The van der Waals surface area contributed by atoms with Crippen molar-refractivity contribution >= 4 is 11.0 Å². The summed E-state index contributed by atoms with van der Waals surface area (Å²) in [6.45, 7) is 1.09. The molecule has 2 heterocycles. The average Bonchev–Trinajstić information content (AvgIpc) is 2.82. The van der Waals surface area contributed by atoms with Gasteiger partial charge in [0.25, 0.3) is 0 Å². The molecular weight excluding hydrogens is 202 g/mol. The normalized spacial score (nSPS) is 20.4. The van der Waals surface area contributed by atoms with Crippen LogP contribution in [0.5, 0.6) is 0 Å². The van der Waals surface area contributed by atoms with Crippen LogP contribution in [0.2, 0.25) is 0 Å². The molecule has 0 aliphatic carbocycles. The minimum atomic E-state index is -0.292. The molecule has 1 aliphatic heterocycles. The van der Waals surface area contributed by atoms with Gasteiger partial charge in [-0.1, -0.05) is 6.07 Å².